The minimum Gasteiger partial charge on any atom is -0.366 e. The van der Waals surface area contributed by atoms with Crippen molar-refractivity contribution in [2.75, 3.05) is 30.9 Å². The molecule has 1 aromatic rings. The number of benzene rings is 1. The number of piperidine rings is 1. The highest BCUT2D eigenvalue weighted by Crippen LogP contribution is 2.39. The number of anilines is 1. The summed E-state index contributed by atoms with van der Waals surface area (Å²) in [5.41, 5.74) is -3.36. The van der Waals surface area contributed by atoms with Gasteiger partial charge < -0.3 is 15.1 Å². The number of imide groups is 1. The zero-order valence-electron chi connectivity index (χ0n) is 21.5. The van der Waals surface area contributed by atoms with Crippen molar-refractivity contribution >= 4 is 23.4 Å². The molecule has 0 spiro atoms. The molecule has 2 saturated heterocycles. The molecule has 2 fully saturated rings. The smallest absolute Gasteiger partial charge is 0.258 e. The number of nitrogens with one attached hydrogen (secondary N) is 2. The van der Waals surface area contributed by atoms with Gasteiger partial charge in [-0.15, -0.1) is 0 Å². The molecule has 0 saturated carbocycles. The molecule has 0 bridgehead atoms. The van der Waals surface area contributed by atoms with Crippen molar-refractivity contribution in [2.45, 2.75) is 25.4 Å². The van der Waals surface area contributed by atoms with E-state index < -0.39 is 90.6 Å². The maximum absolute atomic E-state index is 15.2. The molecule has 3 heterocycles. The van der Waals surface area contributed by atoms with Crippen LogP contribution in [0, 0.1) is 17.5 Å². The molecular weight excluding hydrogens is 365 g/mol. The summed E-state index contributed by atoms with van der Waals surface area (Å²) in [7, 11) is 0. The summed E-state index contributed by atoms with van der Waals surface area (Å²) in [5, 5.41) is 3.49. The SMILES string of the molecule is [2H]C1([2H])NC([2H])([2H])C([2H])([2H])N(c2c(F)c(F)c(F)c3c2CN(C2CCC(=O)NC2=O)C3=O)C1([2H])[2H]. The van der Waals surface area contributed by atoms with E-state index in [1.54, 1.807) is 0 Å². The summed E-state index contributed by atoms with van der Waals surface area (Å²) in [6.07, 6.45) is -0.426. The van der Waals surface area contributed by atoms with Crippen LogP contribution < -0.4 is 15.5 Å². The number of hydrogen-bond donors (Lipinski definition) is 2. The van der Waals surface area contributed by atoms with Crippen molar-refractivity contribution in [1.29, 1.82) is 0 Å². The quantitative estimate of drug-likeness (QED) is 0.560. The Morgan fingerprint density at radius 1 is 1.04 bits per heavy atom. The van der Waals surface area contributed by atoms with E-state index in [9.17, 15) is 23.2 Å². The predicted molar refractivity (Wildman–Crippen MR) is 87.4 cm³/mol. The van der Waals surface area contributed by atoms with Gasteiger partial charge in [-0.2, -0.15) is 0 Å². The molecule has 0 radical (unpaired) electrons. The molecule has 27 heavy (non-hydrogen) atoms. The topological polar surface area (TPSA) is 81.8 Å². The molecule has 2 N–H and O–H groups in total. The molecule has 3 aliphatic rings. The normalized spacial score (nSPS) is 34.8. The summed E-state index contributed by atoms with van der Waals surface area (Å²) < 4.78 is 109. The van der Waals surface area contributed by atoms with Crippen molar-refractivity contribution < 1.29 is 38.5 Å². The fourth-order valence-corrected chi connectivity index (χ4v) is 3.26. The number of fused-ring (bicyclic) bond motifs is 1. The van der Waals surface area contributed by atoms with Gasteiger partial charge in [-0.25, -0.2) is 13.2 Å². The second-order valence-electron chi connectivity index (χ2n) is 5.98. The van der Waals surface area contributed by atoms with E-state index in [-0.39, 0.29) is 17.7 Å². The first kappa shape index (κ1) is 10.6. The Bertz CT molecular complexity index is 1160. The second kappa shape index (κ2) is 6.52. The molecule has 10 heteroatoms. The van der Waals surface area contributed by atoms with Gasteiger partial charge in [-0.3, -0.25) is 19.7 Å². The summed E-state index contributed by atoms with van der Waals surface area (Å²) >= 11 is 0. The Balaban J connectivity index is 1.95. The lowest BCUT2D eigenvalue weighted by molar-refractivity contribution is -0.136. The maximum atomic E-state index is 15.2. The lowest BCUT2D eigenvalue weighted by atomic mass is 10.0. The van der Waals surface area contributed by atoms with Gasteiger partial charge in [-0.05, 0) is 6.42 Å². The van der Waals surface area contributed by atoms with Crippen molar-refractivity contribution in [2.24, 2.45) is 0 Å². The standard InChI is InChI=1S/C17H17F3N4O3/c18-12-11-8(15(14(20)13(12)19)23-5-3-21-4-6-23)7-24(17(11)27)9-1-2-10(25)22-16(9)26/h9,21H,1-7H2,(H,22,25,26)/i3D2,4D2,5D2,6D2. The lowest BCUT2D eigenvalue weighted by Gasteiger charge is -2.32. The molecule has 1 aromatic carbocycles. The Morgan fingerprint density at radius 3 is 2.41 bits per heavy atom. The minimum atomic E-state index is -3.61. The average molecular weight is 390 g/mol. The van der Waals surface area contributed by atoms with Crippen LogP contribution in [-0.2, 0) is 16.1 Å². The Labute approximate surface area is 163 Å². The molecule has 0 aromatic heterocycles. The first-order valence-electron chi connectivity index (χ1n) is 11.8. The van der Waals surface area contributed by atoms with Crippen molar-refractivity contribution in [3.63, 3.8) is 0 Å². The fraction of sp³-hybridized carbons (Fsp3) is 0.471. The molecule has 1 unspecified atom stereocenters. The number of halogens is 3. The van der Waals surface area contributed by atoms with Gasteiger partial charge in [0.2, 0.25) is 11.8 Å². The van der Waals surface area contributed by atoms with Gasteiger partial charge in [0, 0.05) is 50.0 Å². The lowest BCUT2D eigenvalue weighted by Crippen LogP contribution is -2.52. The van der Waals surface area contributed by atoms with Crippen LogP contribution >= 0.6 is 0 Å². The van der Waals surface area contributed by atoms with Crippen molar-refractivity contribution in [3.8, 4) is 0 Å². The molecule has 3 amide bonds. The van der Waals surface area contributed by atoms with E-state index >= 15 is 4.39 Å². The Kier molecular flexibility index (Phi) is 2.57. The number of carbonyl (C=O) groups is 3. The number of rotatable bonds is 2. The predicted octanol–water partition coefficient (Wildman–Crippen LogP) is 0.275. The highest BCUT2D eigenvalue weighted by Gasteiger charge is 2.44. The Morgan fingerprint density at radius 2 is 1.74 bits per heavy atom. The summed E-state index contributed by atoms with van der Waals surface area (Å²) in [6.45, 7) is -14.8. The van der Waals surface area contributed by atoms with Crippen molar-refractivity contribution in [1.82, 2.24) is 15.5 Å². The van der Waals surface area contributed by atoms with E-state index in [0.29, 0.717) is 4.90 Å². The van der Waals surface area contributed by atoms with E-state index in [4.69, 9.17) is 11.0 Å². The third kappa shape index (κ3) is 2.75. The largest absolute Gasteiger partial charge is 0.366 e. The molecular formula is C17H17F3N4O3. The van der Waals surface area contributed by atoms with Crippen LogP contribution in [0.2, 0.25) is 0 Å². The third-order valence-electron chi connectivity index (χ3n) is 4.47. The van der Waals surface area contributed by atoms with Crippen LogP contribution in [0.25, 0.3) is 0 Å². The zero-order chi connectivity index (χ0) is 26.5. The van der Waals surface area contributed by atoms with E-state index in [0.717, 1.165) is 0 Å². The van der Waals surface area contributed by atoms with Gasteiger partial charge in [0.05, 0.1) is 16.7 Å². The van der Waals surface area contributed by atoms with Crippen LogP contribution in [0.15, 0.2) is 0 Å². The van der Waals surface area contributed by atoms with Gasteiger partial charge in [-0.1, -0.05) is 0 Å². The third-order valence-corrected chi connectivity index (χ3v) is 4.47. The molecule has 1 atom stereocenters. The van der Waals surface area contributed by atoms with Crippen molar-refractivity contribution in [3.05, 3.63) is 28.6 Å². The summed E-state index contributed by atoms with van der Waals surface area (Å²) in [6, 6.07) is -1.37. The number of piperazine rings is 1. The Hall–Kier alpha value is -2.62. The van der Waals surface area contributed by atoms with E-state index in [1.165, 1.54) is 5.32 Å². The highest BCUT2D eigenvalue weighted by molar-refractivity contribution is 6.06. The van der Waals surface area contributed by atoms with Crippen LogP contribution in [0.3, 0.4) is 0 Å². The average Bonchev–Trinajstić information content (AvgIpc) is 3.04. The minimum absolute atomic E-state index is 0.210. The number of hydrogen-bond acceptors (Lipinski definition) is 5. The first-order chi connectivity index (χ1) is 15.9. The van der Waals surface area contributed by atoms with Gasteiger partial charge in [0.1, 0.15) is 6.04 Å². The van der Waals surface area contributed by atoms with Gasteiger partial charge in [0.25, 0.3) is 5.91 Å². The highest BCUT2D eigenvalue weighted by atomic mass is 19.2. The molecule has 7 nitrogen and oxygen atoms in total. The van der Waals surface area contributed by atoms with E-state index in [2.05, 4.69) is 0 Å². The number of amides is 3. The molecule has 3 aliphatic heterocycles. The van der Waals surface area contributed by atoms with Gasteiger partial charge >= 0.3 is 0 Å². The second-order valence-corrected chi connectivity index (χ2v) is 5.98. The fourth-order valence-electron chi connectivity index (χ4n) is 3.26. The monoisotopic (exact) mass is 390 g/mol. The van der Waals surface area contributed by atoms with Crippen LogP contribution in [-0.4, -0.2) is 54.7 Å². The summed E-state index contributed by atoms with van der Waals surface area (Å²) in [4.78, 5) is 37.0. The first-order valence-corrected chi connectivity index (χ1v) is 7.80. The maximum Gasteiger partial charge on any atom is 0.258 e. The van der Waals surface area contributed by atoms with Crippen LogP contribution in [0.5, 0.6) is 0 Å². The molecule has 0 aliphatic carbocycles. The summed E-state index contributed by atoms with van der Waals surface area (Å²) in [5.74, 6) is -9.40. The van der Waals surface area contributed by atoms with E-state index in [1.807, 2.05) is 5.32 Å². The van der Waals surface area contributed by atoms with Crippen LogP contribution in [0.4, 0.5) is 18.9 Å². The number of carbonyl (C=O) groups excluding carboxylic acids is 3. The zero-order valence-corrected chi connectivity index (χ0v) is 13.5. The number of nitrogens with zero attached hydrogens (tertiary/aromatic N) is 2. The molecule has 144 valence electrons. The van der Waals surface area contributed by atoms with Crippen LogP contribution in [0.1, 0.15) is 39.7 Å². The van der Waals surface area contributed by atoms with Gasteiger partial charge in [0.15, 0.2) is 17.5 Å². The molecule has 4 rings (SSSR count).